The van der Waals surface area contributed by atoms with Gasteiger partial charge in [-0.25, -0.2) is 9.78 Å². The highest BCUT2D eigenvalue weighted by molar-refractivity contribution is 9.10. The molecule has 1 aromatic carbocycles. The highest BCUT2D eigenvalue weighted by Gasteiger charge is 2.15. The van der Waals surface area contributed by atoms with Crippen molar-refractivity contribution in [2.75, 3.05) is 5.32 Å². The quantitative estimate of drug-likeness (QED) is 0.774. The van der Waals surface area contributed by atoms with Gasteiger partial charge in [0.1, 0.15) is 11.4 Å². The predicted molar refractivity (Wildman–Crippen MR) is 83.3 cm³/mol. The summed E-state index contributed by atoms with van der Waals surface area (Å²) in [4.78, 5) is 26.6. The number of benzene rings is 1. The Hall–Kier alpha value is -1.63. The maximum absolute atomic E-state index is 12.1. The van der Waals surface area contributed by atoms with E-state index in [0.29, 0.717) is 10.2 Å². The van der Waals surface area contributed by atoms with Gasteiger partial charge >= 0.3 is 5.97 Å². The van der Waals surface area contributed by atoms with Gasteiger partial charge < -0.3 is 10.4 Å². The number of halogens is 3. The molecule has 0 saturated carbocycles. The van der Waals surface area contributed by atoms with Crippen LogP contribution in [-0.2, 0) is 0 Å². The average Bonchev–Trinajstić information content (AvgIpc) is 2.48. The molecule has 0 saturated heterocycles. The lowest BCUT2D eigenvalue weighted by atomic mass is 10.2. The standard InChI is InChI=1S/C13H7BrCl2N2O3/c14-6-4-5-7(11(16)10(6)15)18-12(19)8-2-1-3-9(17-8)13(20)21/h1-5H,(H,18,19)(H,20,21). The predicted octanol–water partition coefficient (Wildman–Crippen LogP) is 4.10. The molecule has 0 atom stereocenters. The molecule has 1 amide bonds. The van der Waals surface area contributed by atoms with E-state index in [2.05, 4.69) is 26.2 Å². The molecule has 21 heavy (non-hydrogen) atoms. The summed E-state index contributed by atoms with van der Waals surface area (Å²) in [5.74, 6) is -1.80. The Morgan fingerprint density at radius 2 is 1.76 bits per heavy atom. The van der Waals surface area contributed by atoms with Crippen molar-refractivity contribution < 1.29 is 14.7 Å². The number of carbonyl (C=O) groups excluding carboxylic acids is 1. The number of amides is 1. The van der Waals surface area contributed by atoms with Crippen molar-refractivity contribution in [1.29, 1.82) is 0 Å². The van der Waals surface area contributed by atoms with Gasteiger partial charge in [-0.2, -0.15) is 0 Å². The van der Waals surface area contributed by atoms with E-state index in [1.165, 1.54) is 18.2 Å². The number of aromatic nitrogens is 1. The van der Waals surface area contributed by atoms with Crippen LogP contribution in [0.25, 0.3) is 0 Å². The molecule has 0 spiro atoms. The number of carboxylic acid groups (broad SMARTS) is 1. The topological polar surface area (TPSA) is 79.3 Å². The second-order valence-corrected chi connectivity index (χ2v) is 5.50. The number of nitrogens with one attached hydrogen (secondary N) is 1. The lowest BCUT2D eigenvalue weighted by Crippen LogP contribution is -2.15. The number of hydrogen-bond acceptors (Lipinski definition) is 3. The fraction of sp³-hybridized carbons (Fsp3) is 0. The summed E-state index contributed by atoms with van der Waals surface area (Å²) in [5.41, 5.74) is 0.0463. The Morgan fingerprint density at radius 1 is 1.10 bits per heavy atom. The molecule has 1 aromatic heterocycles. The third kappa shape index (κ3) is 3.53. The van der Waals surface area contributed by atoms with Gasteiger partial charge in [0.15, 0.2) is 0 Å². The number of nitrogens with zero attached hydrogens (tertiary/aromatic N) is 1. The minimum absolute atomic E-state index is 0.0370. The van der Waals surface area contributed by atoms with Crippen LogP contribution < -0.4 is 5.32 Å². The van der Waals surface area contributed by atoms with E-state index in [9.17, 15) is 9.59 Å². The first kappa shape index (κ1) is 15.8. The maximum atomic E-state index is 12.1. The van der Waals surface area contributed by atoms with Crippen LogP contribution in [0, 0.1) is 0 Å². The van der Waals surface area contributed by atoms with Gasteiger partial charge in [-0.1, -0.05) is 29.3 Å². The summed E-state index contributed by atoms with van der Waals surface area (Å²) in [5, 5.41) is 11.8. The number of carboxylic acids is 1. The number of rotatable bonds is 3. The van der Waals surface area contributed by atoms with Gasteiger partial charge in [0.2, 0.25) is 0 Å². The van der Waals surface area contributed by atoms with Gasteiger partial charge in [-0.3, -0.25) is 4.79 Å². The molecule has 1 heterocycles. The fourth-order valence-electron chi connectivity index (χ4n) is 1.49. The third-order valence-electron chi connectivity index (χ3n) is 2.48. The maximum Gasteiger partial charge on any atom is 0.354 e. The van der Waals surface area contributed by atoms with Gasteiger partial charge in [-0.15, -0.1) is 0 Å². The van der Waals surface area contributed by atoms with E-state index >= 15 is 0 Å². The van der Waals surface area contributed by atoms with Crippen LogP contribution in [0.5, 0.6) is 0 Å². The van der Waals surface area contributed by atoms with Gasteiger partial charge in [0.05, 0.1) is 15.7 Å². The summed E-state index contributed by atoms with van der Waals surface area (Å²) in [6.07, 6.45) is 0. The second kappa shape index (κ2) is 6.43. The normalized spacial score (nSPS) is 10.2. The van der Waals surface area contributed by atoms with Crippen molar-refractivity contribution in [3.63, 3.8) is 0 Å². The lowest BCUT2D eigenvalue weighted by Gasteiger charge is -2.09. The summed E-state index contributed by atoms with van der Waals surface area (Å²) >= 11 is 15.2. The summed E-state index contributed by atoms with van der Waals surface area (Å²) in [7, 11) is 0. The number of anilines is 1. The monoisotopic (exact) mass is 388 g/mol. The molecule has 2 N–H and O–H groups in total. The Labute approximate surface area is 138 Å². The minimum atomic E-state index is -1.21. The van der Waals surface area contributed by atoms with E-state index in [1.807, 2.05) is 0 Å². The third-order valence-corrected chi connectivity index (χ3v) is 4.26. The Kier molecular flexibility index (Phi) is 4.82. The van der Waals surface area contributed by atoms with Crippen LogP contribution in [0.1, 0.15) is 21.0 Å². The zero-order chi connectivity index (χ0) is 15.6. The van der Waals surface area contributed by atoms with Crippen LogP contribution in [0.4, 0.5) is 5.69 Å². The molecule has 0 unspecified atom stereocenters. The molecule has 2 aromatic rings. The molecule has 8 heteroatoms. The first-order chi connectivity index (χ1) is 9.90. The number of carbonyl (C=O) groups is 2. The van der Waals surface area contributed by atoms with E-state index in [-0.39, 0.29) is 21.4 Å². The molecule has 0 aliphatic rings. The van der Waals surface area contributed by atoms with Crippen molar-refractivity contribution in [2.24, 2.45) is 0 Å². The molecule has 0 fully saturated rings. The van der Waals surface area contributed by atoms with E-state index in [0.717, 1.165) is 0 Å². The first-order valence-electron chi connectivity index (χ1n) is 5.55. The minimum Gasteiger partial charge on any atom is -0.477 e. The van der Waals surface area contributed by atoms with Crippen LogP contribution in [0.15, 0.2) is 34.8 Å². The highest BCUT2D eigenvalue weighted by Crippen LogP contribution is 2.35. The molecule has 0 aliphatic carbocycles. The summed E-state index contributed by atoms with van der Waals surface area (Å²) in [6, 6.07) is 7.32. The molecule has 108 valence electrons. The summed E-state index contributed by atoms with van der Waals surface area (Å²) < 4.78 is 0.596. The molecule has 0 bridgehead atoms. The Balaban J connectivity index is 2.28. The largest absolute Gasteiger partial charge is 0.477 e. The zero-order valence-corrected chi connectivity index (χ0v) is 13.3. The molecule has 0 radical (unpaired) electrons. The van der Waals surface area contributed by atoms with E-state index < -0.39 is 11.9 Å². The van der Waals surface area contributed by atoms with Gasteiger partial charge in [-0.05, 0) is 40.2 Å². The smallest absolute Gasteiger partial charge is 0.354 e. The summed E-state index contributed by atoms with van der Waals surface area (Å²) in [6.45, 7) is 0. The van der Waals surface area contributed by atoms with Crippen molar-refractivity contribution in [3.8, 4) is 0 Å². The van der Waals surface area contributed by atoms with Crippen molar-refractivity contribution in [2.45, 2.75) is 0 Å². The van der Waals surface area contributed by atoms with Gasteiger partial charge in [0.25, 0.3) is 5.91 Å². The van der Waals surface area contributed by atoms with Crippen LogP contribution in [-0.4, -0.2) is 22.0 Å². The van der Waals surface area contributed by atoms with E-state index in [4.69, 9.17) is 28.3 Å². The fourth-order valence-corrected chi connectivity index (χ4v) is 2.31. The second-order valence-electron chi connectivity index (χ2n) is 3.89. The number of pyridine rings is 1. The molecule has 5 nitrogen and oxygen atoms in total. The molecular formula is C13H7BrCl2N2O3. The van der Waals surface area contributed by atoms with Crippen LogP contribution >= 0.6 is 39.1 Å². The van der Waals surface area contributed by atoms with Crippen molar-refractivity contribution >= 4 is 56.7 Å². The number of hydrogen-bond donors (Lipinski definition) is 2. The Morgan fingerprint density at radius 3 is 2.43 bits per heavy atom. The molecule has 0 aliphatic heterocycles. The molecular weight excluding hydrogens is 383 g/mol. The first-order valence-corrected chi connectivity index (χ1v) is 7.10. The zero-order valence-electron chi connectivity index (χ0n) is 10.2. The average molecular weight is 390 g/mol. The van der Waals surface area contributed by atoms with Crippen molar-refractivity contribution in [1.82, 2.24) is 4.98 Å². The highest BCUT2D eigenvalue weighted by atomic mass is 79.9. The SMILES string of the molecule is O=C(O)c1cccc(C(=O)Nc2ccc(Br)c(Cl)c2Cl)n1. The molecule has 2 rings (SSSR count). The van der Waals surface area contributed by atoms with Gasteiger partial charge in [0, 0.05) is 4.47 Å². The van der Waals surface area contributed by atoms with E-state index in [1.54, 1.807) is 12.1 Å². The number of aromatic carboxylic acids is 1. The van der Waals surface area contributed by atoms with Crippen molar-refractivity contribution in [3.05, 3.63) is 56.2 Å². The Bertz CT molecular complexity index is 737. The van der Waals surface area contributed by atoms with Crippen LogP contribution in [0.2, 0.25) is 10.0 Å². The van der Waals surface area contributed by atoms with Crippen LogP contribution in [0.3, 0.4) is 0 Å². The lowest BCUT2D eigenvalue weighted by molar-refractivity contribution is 0.0690.